The van der Waals surface area contributed by atoms with Crippen LogP contribution < -0.4 is 0 Å². The molecule has 8 nitrogen and oxygen atoms in total. The Kier molecular flexibility index (Phi) is 4.87. The molecule has 0 bridgehead atoms. The largest absolute Gasteiger partial charge is 0.480 e. The molecule has 3 rings (SSSR count). The van der Waals surface area contributed by atoms with Gasteiger partial charge in [0, 0.05) is 26.2 Å². The van der Waals surface area contributed by atoms with Crippen molar-refractivity contribution in [1.29, 1.82) is 0 Å². The molecule has 2 aliphatic rings. The second-order valence-corrected chi connectivity index (χ2v) is 9.32. The van der Waals surface area contributed by atoms with Crippen LogP contribution in [0, 0.1) is 12.8 Å². The van der Waals surface area contributed by atoms with Crippen LogP contribution in [-0.2, 0) is 14.8 Å². The van der Waals surface area contributed by atoms with Gasteiger partial charge in [0.1, 0.15) is 11.8 Å². The number of carboxylic acid groups (broad SMARTS) is 1. The molecule has 1 amide bonds. The van der Waals surface area contributed by atoms with Gasteiger partial charge in [-0.05, 0) is 32.1 Å². The number of sulfonamides is 1. The van der Waals surface area contributed by atoms with E-state index in [1.165, 1.54) is 32.0 Å². The molecule has 1 N–H and O–H groups in total. The van der Waals surface area contributed by atoms with Gasteiger partial charge in [0.05, 0.1) is 5.56 Å². The van der Waals surface area contributed by atoms with Crippen LogP contribution in [0.25, 0.3) is 0 Å². The zero-order valence-electron chi connectivity index (χ0n) is 15.1. The van der Waals surface area contributed by atoms with Gasteiger partial charge in [-0.1, -0.05) is 12.8 Å². The van der Waals surface area contributed by atoms with Gasteiger partial charge in [-0.25, -0.2) is 17.5 Å². The highest BCUT2D eigenvalue weighted by molar-refractivity contribution is 7.88. The lowest BCUT2D eigenvalue weighted by Crippen LogP contribution is -2.46. The van der Waals surface area contributed by atoms with E-state index in [4.69, 9.17) is 4.42 Å². The van der Waals surface area contributed by atoms with Crippen molar-refractivity contribution >= 4 is 21.9 Å². The molecule has 9 heteroatoms. The third-order valence-corrected chi connectivity index (χ3v) is 7.14. The average Bonchev–Trinajstić information content (AvgIpc) is 3.15. The molecular weight excluding hydrogens is 360 g/mol. The predicted molar refractivity (Wildman–Crippen MR) is 92.3 cm³/mol. The van der Waals surface area contributed by atoms with Crippen LogP contribution in [0.5, 0.6) is 0 Å². The summed E-state index contributed by atoms with van der Waals surface area (Å²) >= 11 is 0. The van der Waals surface area contributed by atoms with Gasteiger partial charge in [0.15, 0.2) is 0 Å². The van der Waals surface area contributed by atoms with Gasteiger partial charge < -0.3 is 14.4 Å². The highest BCUT2D eigenvalue weighted by Gasteiger charge is 2.48. The van der Waals surface area contributed by atoms with Crippen molar-refractivity contribution in [2.75, 3.05) is 14.1 Å². The van der Waals surface area contributed by atoms with Crippen LogP contribution in [-0.4, -0.2) is 60.8 Å². The molecule has 0 aromatic carbocycles. The van der Waals surface area contributed by atoms with E-state index in [1.807, 2.05) is 0 Å². The fraction of sp³-hybridized carbons (Fsp3) is 0.647. The normalized spacial score (nSPS) is 26.2. The Morgan fingerprint density at radius 2 is 1.92 bits per heavy atom. The Morgan fingerprint density at radius 3 is 2.54 bits per heavy atom. The minimum Gasteiger partial charge on any atom is -0.480 e. The van der Waals surface area contributed by atoms with E-state index in [2.05, 4.69) is 0 Å². The summed E-state index contributed by atoms with van der Waals surface area (Å²) in [5, 5.41) is 9.27. The zero-order valence-corrected chi connectivity index (χ0v) is 16.0. The van der Waals surface area contributed by atoms with E-state index in [0.717, 1.165) is 30.0 Å². The second kappa shape index (κ2) is 6.70. The van der Waals surface area contributed by atoms with Crippen molar-refractivity contribution in [1.82, 2.24) is 9.21 Å². The van der Waals surface area contributed by atoms with Gasteiger partial charge in [-0.15, -0.1) is 0 Å². The van der Waals surface area contributed by atoms with Crippen LogP contribution in [0.15, 0.2) is 15.6 Å². The number of furan rings is 1. The monoisotopic (exact) mass is 384 g/mol. The molecule has 1 aromatic heterocycles. The van der Waals surface area contributed by atoms with Gasteiger partial charge in [-0.2, -0.15) is 0 Å². The summed E-state index contributed by atoms with van der Waals surface area (Å²) in [5.74, 6) is -1.12. The molecule has 1 aliphatic carbocycles. The van der Waals surface area contributed by atoms with E-state index in [1.54, 1.807) is 0 Å². The number of carbonyl (C=O) groups is 2. The molecule has 1 aliphatic heterocycles. The molecule has 1 aromatic rings. The first-order chi connectivity index (χ1) is 12.1. The van der Waals surface area contributed by atoms with Crippen molar-refractivity contribution in [3.63, 3.8) is 0 Å². The highest BCUT2D eigenvalue weighted by Crippen LogP contribution is 2.41. The maximum Gasteiger partial charge on any atom is 0.326 e. The first-order valence-corrected chi connectivity index (χ1v) is 10.2. The number of amides is 1. The number of aliphatic carboxylic acids is 1. The summed E-state index contributed by atoms with van der Waals surface area (Å²) in [6.07, 6.45) is 4.15. The van der Waals surface area contributed by atoms with Gasteiger partial charge in [0.25, 0.3) is 15.9 Å². The maximum absolute atomic E-state index is 13.1. The van der Waals surface area contributed by atoms with Crippen molar-refractivity contribution in [3.05, 3.63) is 17.4 Å². The van der Waals surface area contributed by atoms with Crippen molar-refractivity contribution in [2.24, 2.45) is 5.92 Å². The Labute approximate surface area is 152 Å². The lowest BCUT2D eigenvalue weighted by atomic mass is 9.84. The van der Waals surface area contributed by atoms with Crippen LogP contribution >= 0.6 is 0 Å². The molecule has 3 atom stereocenters. The summed E-state index contributed by atoms with van der Waals surface area (Å²) in [5.41, 5.74) is 0.114. The number of hydrogen-bond acceptors (Lipinski definition) is 5. The molecule has 1 saturated carbocycles. The smallest absolute Gasteiger partial charge is 0.326 e. The SMILES string of the molecule is Cc1oc(S(=O)(=O)N(C)C)cc1C(=O)N1C(C(=O)O)CC2CCCCC21. The Hall–Kier alpha value is -1.87. The summed E-state index contributed by atoms with van der Waals surface area (Å²) in [6, 6.07) is 0.224. The van der Waals surface area contributed by atoms with E-state index in [0.29, 0.717) is 6.42 Å². The van der Waals surface area contributed by atoms with Crippen molar-refractivity contribution < 1.29 is 27.5 Å². The number of rotatable bonds is 4. The molecule has 26 heavy (non-hydrogen) atoms. The molecular formula is C17H24N2O6S. The Bertz CT molecular complexity index is 828. The van der Waals surface area contributed by atoms with Crippen LogP contribution in [0.4, 0.5) is 0 Å². The summed E-state index contributed by atoms with van der Waals surface area (Å²) in [7, 11) is -1.05. The predicted octanol–water partition coefficient (Wildman–Crippen LogP) is 1.70. The lowest BCUT2D eigenvalue weighted by molar-refractivity contribution is -0.141. The molecule has 0 radical (unpaired) electrons. The van der Waals surface area contributed by atoms with Crippen LogP contribution in [0.2, 0.25) is 0 Å². The minimum atomic E-state index is -3.81. The number of nitrogens with zero attached hydrogens (tertiary/aromatic N) is 2. The standard InChI is InChI=1S/C17H24N2O6S/c1-10-12(9-15(25-10)26(23,24)18(2)3)16(20)19-13-7-5-4-6-11(13)8-14(19)17(21)22/h9,11,13-14H,4-8H2,1-3H3,(H,21,22). The van der Waals surface area contributed by atoms with Crippen molar-refractivity contribution in [2.45, 2.75) is 56.2 Å². The minimum absolute atomic E-state index is 0.111. The number of fused-ring (bicyclic) bond motifs is 1. The molecule has 3 unspecified atom stereocenters. The Balaban J connectivity index is 1.97. The second-order valence-electron chi connectivity index (χ2n) is 7.24. The third kappa shape index (κ3) is 3.03. The quantitative estimate of drug-likeness (QED) is 0.846. The molecule has 2 fully saturated rings. The fourth-order valence-electron chi connectivity index (χ4n) is 4.09. The summed E-state index contributed by atoms with van der Waals surface area (Å²) in [4.78, 5) is 26.3. The number of carboxylic acids is 1. The molecule has 2 heterocycles. The fourth-order valence-corrected chi connectivity index (χ4v) is 4.94. The van der Waals surface area contributed by atoms with Crippen molar-refractivity contribution in [3.8, 4) is 0 Å². The number of likely N-dealkylation sites (tertiary alicyclic amines) is 1. The summed E-state index contributed by atoms with van der Waals surface area (Å²) in [6.45, 7) is 1.52. The average molecular weight is 384 g/mol. The lowest BCUT2D eigenvalue weighted by Gasteiger charge is -2.32. The van der Waals surface area contributed by atoms with Gasteiger partial charge in [-0.3, -0.25) is 4.79 Å². The van der Waals surface area contributed by atoms with Gasteiger partial charge >= 0.3 is 5.97 Å². The zero-order chi connectivity index (χ0) is 19.2. The topological polar surface area (TPSA) is 108 Å². The van der Waals surface area contributed by atoms with E-state index in [9.17, 15) is 23.1 Å². The summed E-state index contributed by atoms with van der Waals surface area (Å²) < 4.78 is 30.8. The van der Waals surface area contributed by atoms with Gasteiger partial charge in [0.2, 0.25) is 5.09 Å². The first-order valence-electron chi connectivity index (χ1n) is 8.73. The maximum atomic E-state index is 13.1. The Morgan fingerprint density at radius 1 is 1.27 bits per heavy atom. The van der Waals surface area contributed by atoms with E-state index < -0.39 is 27.9 Å². The molecule has 144 valence electrons. The van der Waals surface area contributed by atoms with E-state index in [-0.39, 0.29) is 28.4 Å². The van der Waals surface area contributed by atoms with E-state index >= 15 is 0 Å². The molecule has 0 spiro atoms. The van der Waals surface area contributed by atoms with Crippen LogP contribution in [0.3, 0.4) is 0 Å². The molecule has 1 saturated heterocycles. The number of hydrogen-bond donors (Lipinski definition) is 1. The van der Waals surface area contributed by atoms with Crippen LogP contribution in [0.1, 0.15) is 48.2 Å². The third-order valence-electron chi connectivity index (χ3n) is 5.47. The first kappa shape index (κ1) is 18.9. The number of aryl methyl sites for hydroxylation is 1. The number of carbonyl (C=O) groups excluding carboxylic acids is 1. The highest BCUT2D eigenvalue weighted by atomic mass is 32.2.